The molecule has 1 aliphatic rings. The molecule has 0 spiro atoms. The van der Waals surface area contributed by atoms with Crippen molar-refractivity contribution in [3.63, 3.8) is 0 Å². The number of aliphatic carboxylic acids is 1. The lowest BCUT2D eigenvalue weighted by Crippen LogP contribution is -2.54. The number of aliphatic hydroxyl groups is 2. The molecule has 1 fully saturated rings. The van der Waals surface area contributed by atoms with E-state index >= 15 is 0 Å². The van der Waals surface area contributed by atoms with Gasteiger partial charge in [-0.25, -0.2) is 18.9 Å². The Labute approximate surface area is 256 Å². The van der Waals surface area contributed by atoms with Gasteiger partial charge < -0.3 is 24.8 Å². The molecule has 17 heteroatoms. The van der Waals surface area contributed by atoms with E-state index in [-0.39, 0.29) is 27.1 Å². The molecule has 4 heterocycles. The normalized spacial score (nSPS) is 22.3. The maximum atomic E-state index is 14.3. The Hall–Kier alpha value is -3.57. The number of ether oxygens (including phenoxy) is 2. The van der Waals surface area contributed by atoms with E-state index in [1.54, 1.807) is 4.57 Å². The third-order valence-corrected chi connectivity index (χ3v) is 8.66. The standard InChI is InChI=1S/C26H22Cl2FN7O6S/c1-11-31-16-3-2-13(6-19(16)43-11)35-10-30-33-26(35)25-24(41-9-20(38)39)22(23(40)18(8-37)42-25)36-7-17(32-34-36)12-4-14(27)21(28)15(29)5-12/h2-7,10,18,22-25,37,40H,8-9H2,1H3,(H,38,39)/t18-,22+,23+,24-,25-/m1/s1. The van der Waals surface area contributed by atoms with E-state index in [0.29, 0.717) is 5.69 Å². The van der Waals surface area contributed by atoms with Gasteiger partial charge in [0, 0.05) is 11.3 Å². The van der Waals surface area contributed by atoms with Crippen LogP contribution in [0.5, 0.6) is 0 Å². The Bertz CT molecular complexity index is 1790. The van der Waals surface area contributed by atoms with Gasteiger partial charge in [-0.1, -0.05) is 28.4 Å². The summed E-state index contributed by atoms with van der Waals surface area (Å²) < 4.78 is 30.0. The smallest absolute Gasteiger partial charge is 0.329 e. The van der Waals surface area contributed by atoms with Gasteiger partial charge in [-0.2, -0.15) is 0 Å². The lowest BCUT2D eigenvalue weighted by molar-refractivity contribution is -0.225. The summed E-state index contributed by atoms with van der Waals surface area (Å²) in [4.78, 5) is 16.1. The van der Waals surface area contributed by atoms with E-state index in [2.05, 4.69) is 25.5 Å². The number of fused-ring (bicyclic) bond motifs is 1. The fourth-order valence-electron chi connectivity index (χ4n) is 5.03. The van der Waals surface area contributed by atoms with Crippen molar-refractivity contribution in [1.29, 1.82) is 0 Å². The molecular weight excluding hydrogens is 628 g/mol. The van der Waals surface area contributed by atoms with Gasteiger partial charge >= 0.3 is 5.97 Å². The summed E-state index contributed by atoms with van der Waals surface area (Å²) >= 11 is 13.4. The molecule has 5 atom stereocenters. The zero-order valence-corrected chi connectivity index (χ0v) is 24.4. The van der Waals surface area contributed by atoms with Crippen LogP contribution in [0, 0.1) is 12.7 Å². The van der Waals surface area contributed by atoms with E-state index < -0.39 is 55.5 Å². The first-order chi connectivity index (χ1) is 20.6. The van der Waals surface area contributed by atoms with Gasteiger partial charge in [-0.15, -0.1) is 26.6 Å². The molecular formula is C26H22Cl2FN7O6S. The molecule has 224 valence electrons. The minimum atomic E-state index is -1.44. The average molecular weight is 650 g/mol. The number of aryl methyl sites for hydroxylation is 1. The second-order valence-corrected chi connectivity index (χ2v) is 11.7. The molecule has 43 heavy (non-hydrogen) atoms. The monoisotopic (exact) mass is 649 g/mol. The highest BCUT2D eigenvalue weighted by Crippen LogP contribution is 2.41. The Kier molecular flexibility index (Phi) is 8.12. The number of carboxylic acids is 1. The molecule has 0 radical (unpaired) electrons. The third-order valence-electron chi connectivity index (χ3n) is 6.95. The summed E-state index contributed by atoms with van der Waals surface area (Å²) in [5, 5.41) is 48.0. The minimum absolute atomic E-state index is 0.0357. The average Bonchev–Trinajstić information content (AvgIpc) is 3.73. The first kappa shape index (κ1) is 29.5. The fraction of sp³-hybridized carbons (Fsp3) is 0.308. The number of aliphatic hydroxyl groups excluding tert-OH is 2. The van der Waals surface area contributed by atoms with E-state index in [9.17, 15) is 24.5 Å². The van der Waals surface area contributed by atoms with Gasteiger partial charge in [0.25, 0.3) is 0 Å². The molecule has 3 N–H and O–H groups in total. The summed E-state index contributed by atoms with van der Waals surface area (Å²) in [6.07, 6.45) is -2.08. The molecule has 6 rings (SSSR count). The molecule has 0 amide bonds. The fourth-order valence-corrected chi connectivity index (χ4v) is 6.21. The molecule has 2 aromatic carbocycles. The van der Waals surface area contributed by atoms with Gasteiger partial charge in [0.05, 0.1) is 38.1 Å². The maximum Gasteiger partial charge on any atom is 0.329 e. The summed E-state index contributed by atoms with van der Waals surface area (Å²) in [7, 11) is 0. The van der Waals surface area contributed by atoms with Gasteiger partial charge in [0.1, 0.15) is 54.9 Å². The van der Waals surface area contributed by atoms with E-state index in [1.807, 2.05) is 25.1 Å². The number of carboxylic acid groups (broad SMARTS) is 1. The summed E-state index contributed by atoms with van der Waals surface area (Å²) in [6, 6.07) is 6.97. The SMILES string of the molecule is Cc1nc2ccc(-n3cnnc3[C@@H]3O[C@H](CO)[C@H](O)[C@H](n4cc(-c5cc(F)c(Cl)c(Cl)c5)nn4)[C@H]3OCC(=O)O)cc2s1. The topological polar surface area (TPSA) is 171 Å². The predicted octanol–water partition coefficient (Wildman–Crippen LogP) is 3.39. The van der Waals surface area contributed by atoms with Crippen LogP contribution in [0.4, 0.5) is 4.39 Å². The van der Waals surface area contributed by atoms with Crippen LogP contribution in [0.1, 0.15) is 23.0 Å². The van der Waals surface area contributed by atoms with Gasteiger partial charge in [-0.05, 0) is 37.3 Å². The number of halogens is 3. The van der Waals surface area contributed by atoms with E-state index in [1.165, 1.54) is 34.6 Å². The predicted molar refractivity (Wildman–Crippen MR) is 152 cm³/mol. The van der Waals surface area contributed by atoms with Crippen molar-refractivity contribution in [3.8, 4) is 16.9 Å². The Morgan fingerprint density at radius 3 is 2.79 bits per heavy atom. The third kappa shape index (κ3) is 5.60. The number of benzene rings is 2. The molecule has 3 aromatic heterocycles. The van der Waals surface area contributed by atoms with Gasteiger partial charge in [-0.3, -0.25) is 4.57 Å². The Balaban J connectivity index is 1.42. The van der Waals surface area contributed by atoms with Crippen LogP contribution in [0.15, 0.2) is 42.9 Å². The van der Waals surface area contributed by atoms with Crippen molar-refractivity contribution in [2.24, 2.45) is 0 Å². The second kappa shape index (κ2) is 11.8. The van der Waals surface area contributed by atoms with Crippen LogP contribution in [0.25, 0.3) is 27.2 Å². The van der Waals surface area contributed by atoms with Crippen molar-refractivity contribution < 1.29 is 34.0 Å². The van der Waals surface area contributed by atoms with E-state index in [0.717, 1.165) is 21.3 Å². The van der Waals surface area contributed by atoms with Crippen LogP contribution in [-0.4, -0.2) is 87.6 Å². The van der Waals surface area contributed by atoms with E-state index in [4.69, 9.17) is 32.7 Å². The highest BCUT2D eigenvalue weighted by atomic mass is 35.5. The van der Waals surface area contributed by atoms with Gasteiger partial charge in [0.15, 0.2) is 5.82 Å². The molecule has 13 nitrogen and oxygen atoms in total. The lowest BCUT2D eigenvalue weighted by atomic mass is 9.91. The number of aromatic nitrogens is 7. The number of nitrogens with zero attached hydrogens (tertiary/aromatic N) is 7. The number of hydrogen-bond donors (Lipinski definition) is 3. The van der Waals surface area contributed by atoms with Crippen LogP contribution in [-0.2, 0) is 14.3 Å². The van der Waals surface area contributed by atoms with Crippen molar-refractivity contribution in [2.45, 2.75) is 37.4 Å². The molecule has 5 aromatic rings. The second-order valence-electron chi connectivity index (χ2n) is 9.71. The van der Waals surface area contributed by atoms with Gasteiger partial charge in [0.2, 0.25) is 0 Å². The van der Waals surface area contributed by atoms with Crippen molar-refractivity contribution in [2.75, 3.05) is 13.2 Å². The highest BCUT2D eigenvalue weighted by molar-refractivity contribution is 7.18. The highest BCUT2D eigenvalue weighted by Gasteiger charge is 2.50. The zero-order chi connectivity index (χ0) is 30.4. The quantitative estimate of drug-likeness (QED) is 0.210. The van der Waals surface area contributed by atoms with Crippen LogP contribution in [0.2, 0.25) is 10.0 Å². The number of rotatable bonds is 8. The largest absolute Gasteiger partial charge is 0.480 e. The molecule has 0 bridgehead atoms. The van der Waals surface area contributed by atoms with Crippen molar-refractivity contribution >= 4 is 50.7 Å². The first-order valence-corrected chi connectivity index (χ1v) is 14.3. The van der Waals surface area contributed by atoms with Crippen molar-refractivity contribution in [1.82, 2.24) is 34.7 Å². The lowest BCUT2D eigenvalue weighted by Gasteiger charge is -2.43. The zero-order valence-electron chi connectivity index (χ0n) is 22.1. The summed E-state index contributed by atoms with van der Waals surface area (Å²) in [5.74, 6) is -1.81. The first-order valence-electron chi connectivity index (χ1n) is 12.8. The Morgan fingerprint density at radius 2 is 2.05 bits per heavy atom. The molecule has 0 saturated carbocycles. The van der Waals surface area contributed by atoms with Crippen molar-refractivity contribution in [3.05, 3.63) is 69.6 Å². The van der Waals surface area contributed by atoms with Crippen LogP contribution < -0.4 is 0 Å². The van der Waals surface area contributed by atoms with Crippen LogP contribution in [0.3, 0.4) is 0 Å². The summed E-state index contributed by atoms with van der Waals surface area (Å²) in [6.45, 7) is 0.555. The molecule has 0 aliphatic carbocycles. The Morgan fingerprint density at radius 1 is 1.23 bits per heavy atom. The minimum Gasteiger partial charge on any atom is -0.480 e. The number of carbonyl (C=O) groups is 1. The molecule has 0 unspecified atom stereocenters. The maximum absolute atomic E-state index is 14.3. The summed E-state index contributed by atoms with van der Waals surface area (Å²) in [5.41, 5.74) is 1.93. The number of hydrogen-bond acceptors (Lipinski definition) is 11. The molecule has 1 aliphatic heterocycles. The number of thiazole rings is 1. The van der Waals surface area contributed by atoms with Crippen LogP contribution >= 0.6 is 34.5 Å². The molecule has 1 saturated heterocycles.